The van der Waals surface area contributed by atoms with E-state index in [0.717, 1.165) is 24.1 Å². The topological polar surface area (TPSA) is 46.2 Å². The van der Waals surface area contributed by atoms with Crippen molar-refractivity contribution in [2.75, 3.05) is 23.1 Å². The molecule has 0 radical (unpaired) electrons. The van der Waals surface area contributed by atoms with Crippen molar-refractivity contribution in [1.82, 2.24) is 0 Å². The molecule has 0 aliphatic carbocycles. The molecule has 0 unspecified atom stereocenters. The zero-order chi connectivity index (χ0) is 13.2. The van der Waals surface area contributed by atoms with Crippen LogP contribution in [0.25, 0.3) is 0 Å². The predicted molar refractivity (Wildman–Crippen MR) is 78.3 cm³/mol. The van der Waals surface area contributed by atoms with Gasteiger partial charge in [-0.2, -0.15) is 11.8 Å². The summed E-state index contributed by atoms with van der Waals surface area (Å²) in [7, 11) is -3.13. The second-order valence-corrected chi connectivity index (χ2v) is 8.02. The van der Waals surface area contributed by atoms with Gasteiger partial charge in [0, 0.05) is 18.0 Å². The fourth-order valence-corrected chi connectivity index (χ4v) is 3.80. The van der Waals surface area contributed by atoms with Crippen LogP contribution < -0.4 is 5.32 Å². The van der Waals surface area contributed by atoms with Gasteiger partial charge in [0.2, 0.25) is 0 Å². The second kappa shape index (κ2) is 5.53. The van der Waals surface area contributed by atoms with E-state index < -0.39 is 9.84 Å². The fraction of sp³-hybridized carbons (Fsp3) is 0.538. The summed E-state index contributed by atoms with van der Waals surface area (Å²) in [6, 6.07) is 5.77. The lowest BCUT2D eigenvalue weighted by molar-refractivity contribution is 0.602. The molecule has 5 heteroatoms. The van der Waals surface area contributed by atoms with E-state index >= 15 is 0 Å². The van der Waals surface area contributed by atoms with Gasteiger partial charge in [-0.05, 0) is 49.0 Å². The molecule has 3 nitrogen and oxygen atoms in total. The number of aryl methyl sites for hydroxylation is 1. The van der Waals surface area contributed by atoms with E-state index in [1.807, 2.05) is 24.8 Å². The molecule has 0 atom stereocenters. The standard InChI is InChI=1S/C13H19NO2S2/c1-10-3-4-12(18(2,15)16)9-13(10)14-11-5-7-17-8-6-11/h3-4,9,11,14H,5-8H2,1-2H3. The van der Waals surface area contributed by atoms with Gasteiger partial charge in [0.15, 0.2) is 9.84 Å². The lowest BCUT2D eigenvalue weighted by Crippen LogP contribution is -2.24. The molecule has 1 aromatic rings. The Morgan fingerprint density at radius 2 is 1.94 bits per heavy atom. The average molecular weight is 285 g/mol. The van der Waals surface area contributed by atoms with Gasteiger partial charge in [-0.15, -0.1) is 0 Å². The molecular formula is C13H19NO2S2. The van der Waals surface area contributed by atoms with Crippen LogP contribution in [0.1, 0.15) is 18.4 Å². The molecule has 0 spiro atoms. The van der Waals surface area contributed by atoms with Gasteiger partial charge in [-0.25, -0.2) is 8.42 Å². The Labute approximate surface area is 113 Å². The fourth-order valence-electron chi connectivity index (χ4n) is 2.05. The van der Waals surface area contributed by atoms with E-state index in [4.69, 9.17) is 0 Å². The first kappa shape index (κ1) is 13.7. The summed E-state index contributed by atoms with van der Waals surface area (Å²) in [5.74, 6) is 2.37. The molecule has 1 N–H and O–H groups in total. The summed E-state index contributed by atoms with van der Waals surface area (Å²) in [5, 5.41) is 3.48. The molecule has 18 heavy (non-hydrogen) atoms. The lowest BCUT2D eigenvalue weighted by Gasteiger charge is -2.24. The SMILES string of the molecule is Cc1ccc(S(C)(=O)=O)cc1NC1CCSCC1. The molecule has 0 bridgehead atoms. The van der Waals surface area contributed by atoms with Crippen molar-refractivity contribution < 1.29 is 8.42 Å². The Balaban J connectivity index is 2.21. The second-order valence-electron chi connectivity index (χ2n) is 4.78. The van der Waals surface area contributed by atoms with Crippen LogP contribution in [0.3, 0.4) is 0 Å². The van der Waals surface area contributed by atoms with Crippen LogP contribution in [-0.2, 0) is 9.84 Å². The molecule has 1 fully saturated rings. The summed E-state index contributed by atoms with van der Waals surface area (Å²) in [5.41, 5.74) is 2.05. The number of hydrogen-bond donors (Lipinski definition) is 1. The van der Waals surface area contributed by atoms with E-state index in [1.165, 1.54) is 17.8 Å². The third kappa shape index (κ3) is 3.42. The number of benzene rings is 1. The van der Waals surface area contributed by atoms with E-state index in [-0.39, 0.29) is 0 Å². The number of sulfone groups is 1. The van der Waals surface area contributed by atoms with Gasteiger partial charge in [0.25, 0.3) is 0 Å². The smallest absolute Gasteiger partial charge is 0.175 e. The maximum Gasteiger partial charge on any atom is 0.175 e. The van der Waals surface area contributed by atoms with Gasteiger partial charge < -0.3 is 5.32 Å². The molecule has 1 saturated heterocycles. The molecule has 1 aliphatic rings. The number of rotatable bonds is 3. The van der Waals surface area contributed by atoms with Crippen molar-refractivity contribution in [2.24, 2.45) is 0 Å². The number of nitrogens with one attached hydrogen (secondary N) is 1. The van der Waals surface area contributed by atoms with E-state index in [1.54, 1.807) is 12.1 Å². The van der Waals surface area contributed by atoms with Crippen LogP contribution in [-0.4, -0.2) is 32.2 Å². The average Bonchev–Trinajstić information content (AvgIpc) is 2.32. The molecule has 1 aromatic carbocycles. The van der Waals surface area contributed by atoms with E-state index in [0.29, 0.717) is 10.9 Å². The van der Waals surface area contributed by atoms with Crippen LogP contribution in [0.4, 0.5) is 5.69 Å². The minimum Gasteiger partial charge on any atom is -0.382 e. The predicted octanol–water partition coefficient (Wildman–Crippen LogP) is 2.71. The van der Waals surface area contributed by atoms with E-state index in [2.05, 4.69) is 5.32 Å². The first-order valence-corrected chi connectivity index (χ1v) is 9.16. The molecule has 0 aromatic heterocycles. The maximum atomic E-state index is 11.6. The normalized spacial score (nSPS) is 17.7. The van der Waals surface area contributed by atoms with Gasteiger partial charge in [0.1, 0.15) is 0 Å². The minimum atomic E-state index is -3.13. The zero-order valence-electron chi connectivity index (χ0n) is 10.8. The summed E-state index contributed by atoms with van der Waals surface area (Å²) < 4.78 is 23.1. The third-order valence-corrected chi connectivity index (χ3v) is 5.38. The van der Waals surface area contributed by atoms with E-state index in [9.17, 15) is 8.42 Å². The van der Waals surface area contributed by atoms with Gasteiger partial charge in [-0.1, -0.05) is 6.07 Å². The Kier molecular flexibility index (Phi) is 4.22. The Morgan fingerprint density at radius 1 is 1.28 bits per heavy atom. The van der Waals surface area contributed by atoms with Crippen LogP contribution in [0.5, 0.6) is 0 Å². The van der Waals surface area contributed by atoms with Crippen LogP contribution >= 0.6 is 11.8 Å². The van der Waals surface area contributed by atoms with Crippen LogP contribution in [0.2, 0.25) is 0 Å². The molecule has 0 amide bonds. The highest BCUT2D eigenvalue weighted by Crippen LogP contribution is 2.25. The highest BCUT2D eigenvalue weighted by molar-refractivity contribution is 7.99. The Hall–Kier alpha value is -0.680. The summed E-state index contributed by atoms with van der Waals surface area (Å²) in [4.78, 5) is 0.390. The van der Waals surface area contributed by atoms with Crippen molar-refractivity contribution in [3.05, 3.63) is 23.8 Å². The number of thioether (sulfide) groups is 1. The van der Waals surface area contributed by atoms with Crippen molar-refractivity contribution in [3.63, 3.8) is 0 Å². The lowest BCUT2D eigenvalue weighted by atomic mass is 10.1. The first-order chi connectivity index (χ1) is 8.47. The van der Waals surface area contributed by atoms with Crippen LogP contribution in [0, 0.1) is 6.92 Å². The summed E-state index contributed by atoms with van der Waals surface area (Å²) in [6.07, 6.45) is 3.54. The molecule has 2 rings (SSSR count). The van der Waals surface area contributed by atoms with Crippen molar-refractivity contribution in [2.45, 2.75) is 30.7 Å². The highest BCUT2D eigenvalue weighted by atomic mass is 32.2. The monoisotopic (exact) mass is 285 g/mol. The van der Waals surface area contributed by atoms with Crippen molar-refractivity contribution in [1.29, 1.82) is 0 Å². The molecular weight excluding hydrogens is 266 g/mol. The van der Waals surface area contributed by atoms with Gasteiger partial charge >= 0.3 is 0 Å². The summed E-state index contributed by atoms with van der Waals surface area (Å²) >= 11 is 1.98. The highest BCUT2D eigenvalue weighted by Gasteiger charge is 2.15. The molecule has 1 aliphatic heterocycles. The zero-order valence-corrected chi connectivity index (χ0v) is 12.4. The maximum absolute atomic E-state index is 11.6. The van der Waals surface area contributed by atoms with Gasteiger partial charge in [0.05, 0.1) is 4.90 Å². The summed E-state index contributed by atoms with van der Waals surface area (Å²) in [6.45, 7) is 2.01. The Bertz CT molecular complexity index is 520. The molecule has 100 valence electrons. The first-order valence-electron chi connectivity index (χ1n) is 6.12. The minimum absolute atomic E-state index is 0.390. The van der Waals surface area contributed by atoms with Crippen molar-refractivity contribution in [3.8, 4) is 0 Å². The number of hydrogen-bond acceptors (Lipinski definition) is 4. The third-order valence-electron chi connectivity index (χ3n) is 3.22. The largest absolute Gasteiger partial charge is 0.382 e. The van der Waals surface area contributed by atoms with Gasteiger partial charge in [-0.3, -0.25) is 0 Å². The molecule has 1 heterocycles. The van der Waals surface area contributed by atoms with Crippen molar-refractivity contribution >= 4 is 27.3 Å². The Morgan fingerprint density at radius 3 is 2.56 bits per heavy atom. The quantitative estimate of drug-likeness (QED) is 0.927. The number of anilines is 1. The van der Waals surface area contributed by atoms with Crippen LogP contribution in [0.15, 0.2) is 23.1 Å². The molecule has 0 saturated carbocycles.